The molecule has 46 heavy (non-hydrogen) atoms. The van der Waals surface area contributed by atoms with E-state index in [0.717, 1.165) is 19.4 Å². The molecule has 4 fully saturated rings. The number of alkyl halides is 2. The van der Waals surface area contributed by atoms with Crippen molar-refractivity contribution in [3.8, 4) is 35.4 Å². The van der Waals surface area contributed by atoms with Gasteiger partial charge in [0.25, 0.3) is 0 Å². The van der Waals surface area contributed by atoms with E-state index in [1.807, 2.05) is 4.90 Å². The van der Waals surface area contributed by atoms with Gasteiger partial charge in [0, 0.05) is 42.2 Å². The van der Waals surface area contributed by atoms with Crippen LogP contribution < -0.4 is 15.4 Å². The number of halogens is 4. The monoisotopic (exact) mass is 632 g/mol. The number of phenols is 1. The van der Waals surface area contributed by atoms with Gasteiger partial charge in [-0.3, -0.25) is 9.88 Å². The lowest BCUT2D eigenvalue weighted by molar-refractivity contribution is 0.107. The fraction of sp³-hybridized carbons (Fsp3) is 0.441. The van der Waals surface area contributed by atoms with E-state index < -0.39 is 41.6 Å². The largest absolute Gasteiger partial charge is 0.508 e. The molecule has 4 aliphatic rings. The molecule has 238 valence electrons. The number of ether oxygens (including phenoxy) is 1. The van der Waals surface area contributed by atoms with Crippen LogP contribution >= 0.6 is 0 Å². The van der Waals surface area contributed by atoms with Gasteiger partial charge < -0.3 is 20.5 Å². The van der Waals surface area contributed by atoms with E-state index in [-0.39, 0.29) is 63.3 Å². The average Bonchev–Trinajstić information content (AvgIpc) is 3.68. The molecular formula is C34H32F4N6O2. The number of hydrogen-bond acceptors (Lipinski definition) is 8. The third-order valence-electron chi connectivity index (χ3n) is 10.4. The minimum Gasteiger partial charge on any atom is -0.508 e. The highest BCUT2D eigenvalue weighted by Crippen LogP contribution is 2.45. The molecule has 12 heteroatoms. The Kier molecular flexibility index (Phi) is 6.78. The summed E-state index contributed by atoms with van der Waals surface area (Å²) < 4.78 is 67.8. The standard InChI is InChI=1S/C34H32F4N6O2/c1-2-21-24(36)6-4-17-10-20(45)12-22(27(17)21)30-29(38)31-23(14-40-30)32(44-19-5-7-26(44)28(37)25(39)11-19)42-33(41-31)46-16-34-8-3-9-43(34)15-18(35)13-34/h1,4,6,10,12,14,18-19,25-26,28,45H,3,5,7-9,11,13,15-16,39H2/t18-,19-,25+,26+,28-,34+/m1/s1. The average molecular weight is 633 g/mol. The molecule has 0 unspecified atom stereocenters. The number of nitrogens with zero attached hydrogens (tertiary/aromatic N) is 5. The number of phenolic OH excluding ortho intramolecular Hbond substituents is 1. The summed E-state index contributed by atoms with van der Waals surface area (Å²) in [5.74, 6) is 0.890. The predicted molar refractivity (Wildman–Crippen MR) is 165 cm³/mol. The molecule has 2 bridgehead atoms. The topological polar surface area (TPSA) is 101 Å². The summed E-state index contributed by atoms with van der Waals surface area (Å²) in [6.45, 7) is 1.22. The summed E-state index contributed by atoms with van der Waals surface area (Å²) in [4.78, 5) is 17.6. The molecule has 0 saturated carbocycles. The molecule has 0 aliphatic carbocycles. The number of fused-ring (bicyclic) bond motifs is 5. The first-order chi connectivity index (χ1) is 22.2. The third-order valence-corrected chi connectivity index (χ3v) is 10.4. The summed E-state index contributed by atoms with van der Waals surface area (Å²) in [6, 6.07) is 3.89. The van der Waals surface area contributed by atoms with Crippen molar-refractivity contribution in [3.63, 3.8) is 0 Å². The van der Waals surface area contributed by atoms with Gasteiger partial charge in [-0.1, -0.05) is 12.0 Å². The van der Waals surface area contributed by atoms with E-state index in [1.54, 1.807) is 0 Å². The number of benzene rings is 2. The second kappa shape index (κ2) is 10.7. The second-order valence-electron chi connectivity index (χ2n) is 13.1. The van der Waals surface area contributed by atoms with Crippen LogP contribution in [0.2, 0.25) is 0 Å². The number of aromatic nitrogens is 3. The number of terminal acetylenes is 1. The fourth-order valence-electron chi connectivity index (χ4n) is 8.39. The van der Waals surface area contributed by atoms with Crippen LogP contribution in [0, 0.1) is 24.0 Å². The van der Waals surface area contributed by atoms with Crippen molar-refractivity contribution in [2.75, 3.05) is 24.6 Å². The van der Waals surface area contributed by atoms with E-state index in [9.17, 15) is 13.9 Å². The van der Waals surface area contributed by atoms with Crippen LogP contribution in [0.25, 0.3) is 32.9 Å². The Morgan fingerprint density at radius 2 is 2.02 bits per heavy atom. The molecule has 2 aromatic heterocycles. The van der Waals surface area contributed by atoms with Gasteiger partial charge in [0.05, 0.1) is 22.5 Å². The van der Waals surface area contributed by atoms with E-state index in [2.05, 4.69) is 20.8 Å². The summed E-state index contributed by atoms with van der Waals surface area (Å²) in [5.41, 5.74) is 5.26. The van der Waals surface area contributed by atoms with Gasteiger partial charge in [-0.2, -0.15) is 9.97 Å². The van der Waals surface area contributed by atoms with Crippen LogP contribution in [0.15, 0.2) is 30.5 Å². The Morgan fingerprint density at radius 1 is 1.17 bits per heavy atom. The van der Waals surface area contributed by atoms with E-state index in [1.165, 1.54) is 30.5 Å². The predicted octanol–water partition coefficient (Wildman–Crippen LogP) is 5.17. The first kappa shape index (κ1) is 29.2. The Hall–Kier alpha value is -4.21. The minimum absolute atomic E-state index is 0.0812. The van der Waals surface area contributed by atoms with Crippen LogP contribution in [0.5, 0.6) is 11.8 Å². The van der Waals surface area contributed by atoms with Crippen molar-refractivity contribution in [3.05, 3.63) is 47.7 Å². The number of pyridine rings is 1. The highest BCUT2D eigenvalue weighted by atomic mass is 19.1. The van der Waals surface area contributed by atoms with Crippen molar-refractivity contribution in [2.45, 2.75) is 74.5 Å². The molecular weight excluding hydrogens is 600 g/mol. The summed E-state index contributed by atoms with van der Waals surface area (Å²) in [6.07, 6.45) is 8.43. The minimum atomic E-state index is -1.31. The van der Waals surface area contributed by atoms with E-state index in [4.69, 9.17) is 21.9 Å². The van der Waals surface area contributed by atoms with Crippen molar-refractivity contribution >= 4 is 27.5 Å². The summed E-state index contributed by atoms with van der Waals surface area (Å²) in [5, 5.41) is 11.4. The van der Waals surface area contributed by atoms with Crippen molar-refractivity contribution in [2.24, 2.45) is 5.73 Å². The zero-order valence-corrected chi connectivity index (χ0v) is 24.9. The molecule has 6 heterocycles. The number of nitrogens with two attached hydrogens (primary N) is 1. The van der Waals surface area contributed by atoms with Crippen LogP contribution in [0.4, 0.5) is 23.4 Å². The lowest BCUT2D eigenvalue weighted by Crippen LogP contribution is -2.56. The van der Waals surface area contributed by atoms with Gasteiger partial charge in [-0.05, 0) is 62.2 Å². The number of hydrogen-bond donors (Lipinski definition) is 2. The summed E-state index contributed by atoms with van der Waals surface area (Å²) in [7, 11) is 0. The molecule has 6 atom stereocenters. The first-order valence-electron chi connectivity index (χ1n) is 15.7. The zero-order chi connectivity index (χ0) is 31.9. The molecule has 2 aromatic carbocycles. The van der Waals surface area contributed by atoms with Crippen molar-refractivity contribution in [1.29, 1.82) is 0 Å². The maximum Gasteiger partial charge on any atom is 0.319 e. The molecule has 8 nitrogen and oxygen atoms in total. The van der Waals surface area contributed by atoms with Crippen molar-refractivity contribution in [1.82, 2.24) is 19.9 Å². The van der Waals surface area contributed by atoms with Gasteiger partial charge in [0.1, 0.15) is 47.5 Å². The lowest BCUT2D eigenvalue weighted by Gasteiger charge is -2.41. The first-order valence-corrected chi connectivity index (χ1v) is 15.7. The molecule has 0 radical (unpaired) electrons. The van der Waals surface area contributed by atoms with Gasteiger partial charge in [-0.25, -0.2) is 17.6 Å². The zero-order valence-electron chi connectivity index (χ0n) is 24.9. The van der Waals surface area contributed by atoms with Gasteiger partial charge in [0.15, 0.2) is 5.82 Å². The quantitative estimate of drug-likeness (QED) is 0.230. The number of anilines is 1. The molecule has 3 N–H and O–H groups in total. The molecule has 4 aliphatic heterocycles. The third kappa shape index (κ3) is 4.39. The Balaban J connectivity index is 1.30. The number of piperidine rings is 1. The van der Waals surface area contributed by atoms with Crippen LogP contribution in [0.1, 0.15) is 44.1 Å². The lowest BCUT2D eigenvalue weighted by atomic mass is 9.95. The molecule has 0 amide bonds. The molecule has 4 saturated heterocycles. The van der Waals surface area contributed by atoms with Gasteiger partial charge in [-0.15, -0.1) is 6.42 Å². The smallest absolute Gasteiger partial charge is 0.319 e. The summed E-state index contributed by atoms with van der Waals surface area (Å²) >= 11 is 0. The van der Waals surface area contributed by atoms with Crippen LogP contribution in [-0.4, -0.2) is 80.7 Å². The van der Waals surface area contributed by atoms with E-state index >= 15 is 8.78 Å². The SMILES string of the molecule is C#Cc1c(F)ccc2cc(O)cc(-c3ncc4c(N5[C@@H]6CC[C@H]5[C@H](F)[C@@H](N)C6)nc(OC[C@@]56CCCN5C[C@H](F)C6)nc4c3F)c12. The molecule has 4 aromatic rings. The normalized spacial score (nSPS) is 29.0. The molecule has 0 spiro atoms. The van der Waals surface area contributed by atoms with Crippen LogP contribution in [0.3, 0.4) is 0 Å². The highest BCUT2D eigenvalue weighted by Gasteiger charge is 2.50. The Labute approximate surface area is 262 Å². The Morgan fingerprint density at radius 3 is 2.85 bits per heavy atom. The fourth-order valence-corrected chi connectivity index (χ4v) is 8.39. The van der Waals surface area contributed by atoms with Gasteiger partial charge in [0.2, 0.25) is 0 Å². The van der Waals surface area contributed by atoms with E-state index in [0.29, 0.717) is 37.6 Å². The number of aromatic hydroxyl groups is 1. The van der Waals surface area contributed by atoms with Crippen LogP contribution in [-0.2, 0) is 0 Å². The van der Waals surface area contributed by atoms with Crippen molar-refractivity contribution < 1.29 is 27.4 Å². The molecule has 8 rings (SSSR count). The van der Waals surface area contributed by atoms with Gasteiger partial charge >= 0.3 is 6.01 Å². The Bertz CT molecular complexity index is 1940. The second-order valence-corrected chi connectivity index (χ2v) is 13.1. The maximum absolute atomic E-state index is 16.8. The number of rotatable bonds is 5. The maximum atomic E-state index is 16.8. The highest BCUT2D eigenvalue weighted by molar-refractivity contribution is 6.03.